The van der Waals surface area contributed by atoms with E-state index >= 15 is 0 Å². The summed E-state index contributed by atoms with van der Waals surface area (Å²) in [4.78, 5) is 10.2. The SMILES string of the molecule is CCCc1cccc2nc(-c3ccc(C)cc3)c(-c3ccc(C)cc3)nc12. The predicted octanol–water partition coefficient (Wildman–Crippen LogP) is 6.53. The maximum atomic E-state index is 5.13. The molecule has 0 radical (unpaired) electrons. The smallest absolute Gasteiger partial charge is 0.0973 e. The van der Waals surface area contributed by atoms with Gasteiger partial charge in [-0.15, -0.1) is 0 Å². The zero-order chi connectivity index (χ0) is 18.8. The van der Waals surface area contributed by atoms with Crippen LogP contribution in [0.1, 0.15) is 30.0 Å². The minimum absolute atomic E-state index is 0.944. The fourth-order valence-corrected chi connectivity index (χ4v) is 3.43. The highest BCUT2D eigenvalue weighted by molar-refractivity contribution is 5.87. The zero-order valence-corrected chi connectivity index (χ0v) is 16.2. The Morgan fingerprint density at radius 3 is 1.78 bits per heavy atom. The molecule has 0 amide bonds. The van der Waals surface area contributed by atoms with Gasteiger partial charge in [-0.3, -0.25) is 0 Å². The third-order valence-corrected chi connectivity index (χ3v) is 4.95. The normalized spacial score (nSPS) is 11.1. The molecule has 0 fully saturated rings. The predicted molar refractivity (Wildman–Crippen MR) is 114 cm³/mol. The van der Waals surface area contributed by atoms with Crippen molar-refractivity contribution in [3.8, 4) is 22.5 Å². The van der Waals surface area contributed by atoms with Crippen LogP contribution in [-0.4, -0.2) is 9.97 Å². The maximum absolute atomic E-state index is 5.13. The van der Waals surface area contributed by atoms with Gasteiger partial charge in [0.25, 0.3) is 0 Å². The van der Waals surface area contributed by atoms with Crippen LogP contribution < -0.4 is 0 Å². The molecule has 2 heteroatoms. The third kappa shape index (κ3) is 3.48. The average molecular weight is 352 g/mol. The van der Waals surface area contributed by atoms with Crippen LogP contribution in [0.3, 0.4) is 0 Å². The molecule has 0 spiro atoms. The second kappa shape index (κ2) is 7.32. The van der Waals surface area contributed by atoms with Crippen LogP contribution in [0, 0.1) is 13.8 Å². The number of aryl methyl sites for hydroxylation is 3. The molecule has 0 aliphatic carbocycles. The molecule has 134 valence electrons. The Labute approximate surface area is 160 Å². The van der Waals surface area contributed by atoms with Gasteiger partial charge < -0.3 is 0 Å². The number of aromatic nitrogens is 2. The largest absolute Gasteiger partial charge is 0.244 e. The lowest BCUT2D eigenvalue weighted by atomic mass is 10.0. The molecule has 1 heterocycles. The minimum atomic E-state index is 0.944. The maximum Gasteiger partial charge on any atom is 0.0973 e. The number of benzene rings is 3. The van der Waals surface area contributed by atoms with Crippen molar-refractivity contribution in [1.29, 1.82) is 0 Å². The highest BCUT2D eigenvalue weighted by Gasteiger charge is 2.14. The minimum Gasteiger partial charge on any atom is -0.244 e. The standard InChI is InChI=1S/C25H24N2/c1-4-6-19-7-5-8-22-23(19)27-25(21-15-11-18(3)12-16-21)24(26-22)20-13-9-17(2)10-14-20/h5,7-16H,4,6H2,1-3H3. The molecule has 0 atom stereocenters. The summed E-state index contributed by atoms with van der Waals surface area (Å²) in [6, 6.07) is 23.4. The van der Waals surface area contributed by atoms with Crippen molar-refractivity contribution in [3.63, 3.8) is 0 Å². The van der Waals surface area contributed by atoms with Crippen LogP contribution in [-0.2, 0) is 6.42 Å². The van der Waals surface area contributed by atoms with Crippen molar-refractivity contribution in [3.05, 3.63) is 83.4 Å². The lowest BCUT2D eigenvalue weighted by Gasteiger charge is -2.13. The number of rotatable bonds is 4. The summed E-state index contributed by atoms with van der Waals surface area (Å²) in [6.45, 7) is 6.41. The van der Waals surface area contributed by atoms with E-state index < -0.39 is 0 Å². The molecular formula is C25H24N2. The Hall–Kier alpha value is -3.00. The van der Waals surface area contributed by atoms with E-state index in [1.54, 1.807) is 0 Å². The average Bonchev–Trinajstić information content (AvgIpc) is 2.69. The molecule has 0 unspecified atom stereocenters. The van der Waals surface area contributed by atoms with E-state index in [1.165, 1.54) is 16.7 Å². The molecular weight excluding hydrogens is 328 g/mol. The van der Waals surface area contributed by atoms with Gasteiger partial charge >= 0.3 is 0 Å². The Bertz CT molecular complexity index is 1080. The summed E-state index contributed by atoms with van der Waals surface area (Å²) in [6.07, 6.45) is 2.11. The van der Waals surface area contributed by atoms with Crippen LogP contribution in [0.4, 0.5) is 0 Å². The number of hydrogen-bond donors (Lipinski definition) is 0. The van der Waals surface area contributed by atoms with Gasteiger partial charge in [-0.05, 0) is 31.9 Å². The topological polar surface area (TPSA) is 25.8 Å². The monoisotopic (exact) mass is 352 g/mol. The van der Waals surface area contributed by atoms with E-state index in [4.69, 9.17) is 9.97 Å². The lowest BCUT2D eigenvalue weighted by molar-refractivity contribution is 0.926. The van der Waals surface area contributed by atoms with E-state index in [9.17, 15) is 0 Å². The molecule has 0 saturated carbocycles. The molecule has 0 N–H and O–H groups in total. The van der Waals surface area contributed by atoms with E-state index in [-0.39, 0.29) is 0 Å². The Kier molecular flexibility index (Phi) is 4.72. The van der Waals surface area contributed by atoms with Crippen LogP contribution in [0.2, 0.25) is 0 Å². The van der Waals surface area contributed by atoms with Gasteiger partial charge in [-0.1, -0.05) is 85.1 Å². The first-order valence-electron chi connectivity index (χ1n) is 9.59. The number of fused-ring (bicyclic) bond motifs is 1. The van der Waals surface area contributed by atoms with E-state index in [0.29, 0.717) is 0 Å². The van der Waals surface area contributed by atoms with Gasteiger partial charge in [0.15, 0.2) is 0 Å². The van der Waals surface area contributed by atoms with Crippen LogP contribution >= 0.6 is 0 Å². The van der Waals surface area contributed by atoms with Gasteiger partial charge in [0.2, 0.25) is 0 Å². The van der Waals surface area contributed by atoms with Crippen molar-refractivity contribution in [2.45, 2.75) is 33.6 Å². The summed E-state index contributed by atoms with van der Waals surface area (Å²) in [5, 5.41) is 0. The first-order valence-corrected chi connectivity index (χ1v) is 9.59. The quantitative estimate of drug-likeness (QED) is 0.417. The molecule has 4 rings (SSSR count). The fourth-order valence-electron chi connectivity index (χ4n) is 3.43. The number of nitrogens with zero attached hydrogens (tertiary/aromatic N) is 2. The lowest BCUT2D eigenvalue weighted by Crippen LogP contribution is -1.98. The van der Waals surface area contributed by atoms with Crippen molar-refractivity contribution in [1.82, 2.24) is 9.97 Å². The molecule has 3 aromatic carbocycles. The second-order valence-corrected chi connectivity index (χ2v) is 7.19. The first-order chi connectivity index (χ1) is 13.2. The Balaban J connectivity index is 2.00. The number of hydrogen-bond acceptors (Lipinski definition) is 2. The summed E-state index contributed by atoms with van der Waals surface area (Å²) in [5.41, 5.74) is 9.86. The van der Waals surface area contributed by atoms with Crippen molar-refractivity contribution in [2.24, 2.45) is 0 Å². The third-order valence-electron chi connectivity index (χ3n) is 4.95. The highest BCUT2D eigenvalue weighted by atomic mass is 14.8. The summed E-state index contributed by atoms with van der Waals surface area (Å²) in [5.74, 6) is 0. The van der Waals surface area contributed by atoms with Crippen LogP contribution in [0.5, 0.6) is 0 Å². The molecule has 0 aliphatic heterocycles. The van der Waals surface area contributed by atoms with Gasteiger partial charge in [0.1, 0.15) is 0 Å². The van der Waals surface area contributed by atoms with Crippen LogP contribution in [0.25, 0.3) is 33.5 Å². The van der Waals surface area contributed by atoms with Crippen molar-refractivity contribution >= 4 is 11.0 Å². The second-order valence-electron chi connectivity index (χ2n) is 7.19. The molecule has 2 nitrogen and oxygen atoms in total. The molecule has 4 aromatic rings. The van der Waals surface area contributed by atoms with Crippen LogP contribution in [0.15, 0.2) is 66.7 Å². The first kappa shape index (κ1) is 17.4. The summed E-state index contributed by atoms with van der Waals surface area (Å²) < 4.78 is 0. The zero-order valence-electron chi connectivity index (χ0n) is 16.2. The fraction of sp³-hybridized carbons (Fsp3) is 0.200. The van der Waals surface area contributed by atoms with Gasteiger partial charge in [0, 0.05) is 11.1 Å². The molecule has 0 saturated heterocycles. The van der Waals surface area contributed by atoms with E-state index in [1.807, 2.05) is 0 Å². The van der Waals surface area contributed by atoms with E-state index in [2.05, 4.69) is 87.5 Å². The Morgan fingerprint density at radius 1 is 0.667 bits per heavy atom. The highest BCUT2D eigenvalue weighted by Crippen LogP contribution is 2.32. The van der Waals surface area contributed by atoms with Gasteiger partial charge in [-0.2, -0.15) is 0 Å². The molecule has 1 aromatic heterocycles. The van der Waals surface area contributed by atoms with Gasteiger partial charge in [0.05, 0.1) is 22.4 Å². The summed E-state index contributed by atoms with van der Waals surface area (Å²) in [7, 11) is 0. The molecule has 27 heavy (non-hydrogen) atoms. The molecule has 0 aliphatic rings. The molecule has 0 bridgehead atoms. The summed E-state index contributed by atoms with van der Waals surface area (Å²) >= 11 is 0. The van der Waals surface area contributed by atoms with Gasteiger partial charge in [-0.25, -0.2) is 9.97 Å². The Morgan fingerprint density at radius 2 is 1.22 bits per heavy atom. The van der Waals surface area contributed by atoms with Crippen molar-refractivity contribution in [2.75, 3.05) is 0 Å². The van der Waals surface area contributed by atoms with E-state index in [0.717, 1.165) is 46.4 Å². The van der Waals surface area contributed by atoms with Crippen molar-refractivity contribution < 1.29 is 0 Å². The number of para-hydroxylation sites is 1.